The van der Waals surface area contributed by atoms with Gasteiger partial charge in [0.15, 0.2) is 11.5 Å². The zero-order valence-corrected chi connectivity index (χ0v) is 19.9. The molecular formula is C29H29N5O. The molecule has 0 atom stereocenters. The van der Waals surface area contributed by atoms with E-state index in [1.165, 1.54) is 16.7 Å². The Morgan fingerprint density at radius 2 is 1.60 bits per heavy atom. The Labute approximate surface area is 205 Å². The number of aromatic nitrogens is 4. The van der Waals surface area contributed by atoms with Crippen LogP contribution in [0.15, 0.2) is 91.3 Å². The molecule has 0 aliphatic rings. The van der Waals surface area contributed by atoms with Crippen LogP contribution >= 0.6 is 0 Å². The van der Waals surface area contributed by atoms with Gasteiger partial charge in [-0.3, -0.25) is 4.98 Å². The molecule has 1 N–H and O–H groups in total. The van der Waals surface area contributed by atoms with E-state index in [0.717, 1.165) is 54.4 Å². The van der Waals surface area contributed by atoms with Crippen LogP contribution in [0.2, 0.25) is 0 Å². The van der Waals surface area contributed by atoms with Crippen LogP contribution in [0.1, 0.15) is 28.9 Å². The summed E-state index contributed by atoms with van der Waals surface area (Å²) in [5, 5.41) is 8.30. The van der Waals surface area contributed by atoms with Crippen LogP contribution in [0, 0.1) is 0 Å². The van der Waals surface area contributed by atoms with Crippen LogP contribution in [0.4, 0.5) is 0 Å². The maximum atomic E-state index is 5.28. The molecule has 5 rings (SSSR count). The second kappa shape index (κ2) is 10.9. The molecule has 0 saturated carbocycles. The number of hydrogen-bond donors (Lipinski definition) is 1. The van der Waals surface area contributed by atoms with E-state index in [0.29, 0.717) is 6.42 Å². The number of nitrogens with one attached hydrogen (secondary N) is 1. The van der Waals surface area contributed by atoms with Crippen molar-refractivity contribution in [2.45, 2.75) is 25.8 Å². The third kappa shape index (κ3) is 5.73. The summed E-state index contributed by atoms with van der Waals surface area (Å²) in [6.45, 7) is 1.87. The van der Waals surface area contributed by atoms with Gasteiger partial charge in [0, 0.05) is 30.9 Å². The molecule has 0 saturated heterocycles. The summed E-state index contributed by atoms with van der Waals surface area (Å²) in [4.78, 5) is 8.82. The van der Waals surface area contributed by atoms with Crippen molar-refractivity contribution in [1.29, 1.82) is 0 Å². The predicted molar refractivity (Wildman–Crippen MR) is 138 cm³/mol. The van der Waals surface area contributed by atoms with Gasteiger partial charge in [-0.15, -0.1) is 0 Å². The van der Waals surface area contributed by atoms with Crippen molar-refractivity contribution >= 4 is 5.65 Å². The third-order valence-electron chi connectivity index (χ3n) is 6.07. The number of hydrogen-bond acceptors (Lipinski definition) is 5. The Morgan fingerprint density at radius 1 is 0.829 bits per heavy atom. The number of fused-ring (bicyclic) bond motifs is 1. The second-order valence-electron chi connectivity index (χ2n) is 8.57. The van der Waals surface area contributed by atoms with Crippen LogP contribution in [0.5, 0.6) is 5.75 Å². The quantitative estimate of drug-likeness (QED) is 0.292. The summed E-state index contributed by atoms with van der Waals surface area (Å²) in [6.07, 6.45) is 6.53. The lowest BCUT2D eigenvalue weighted by Crippen LogP contribution is -2.15. The molecule has 0 amide bonds. The molecule has 3 heterocycles. The van der Waals surface area contributed by atoms with Crippen molar-refractivity contribution in [2.24, 2.45) is 0 Å². The van der Waals surface area contributed by atoms with E-state index in [4.69, 9.17) is 14.8 Å². The molecule has 6 heteroatoms. The lowest BCUT2D eigenvalue weighted by molar-refractivity contribution is 0.415. The molecule has 35 heavy (non-hydrogen) atoms. The van der Waals surface area contributed by atoms with Crippen molar-refractivity contribution in [3.8, 4) is 17.0 Å². The number of benzene rings is 2. The Kier molecular flexibility index (Phi) is 7.10. The highest BCUT2D eigenvalue weighted by atomic mass is 16.5. The summed E-state index contributed by atoms with van der Waals surface area (Å²) in [5.74, 6) is 1.66. The van der Waals surface area contributed by atoms with Crippen molar-refractivity contribution in [2.75, 3.05) is 13.7 Å². The predicted octanol–water partition coefficient (Wildman–Crippen LogP) is 5.11. The smallest absolute Gasteiger partial charge is 0.156 e. The van der Waals surface area contributed by atoms with Crippen molar-refractivity contribution in [3.05, 3.63) is 114 Å². The fourth-order valence-corrected chi connectivity index (χ4v) is 4.16. The van der Waals surface area contributed by atoms with E-state index >= 15 is 0 Å². The molecule has 3 aromatic heterocycles. The zero-order valence-electron chi connectivity index (χ0n) is 19.9. The average molecular weight is 464 g/mol. The van der Waals surface area contributed by atoms with Gasteiger partial charge in [-0.05, 0) is 84.6 Å². The fourth-order valence-electron chi connectivity index (χ4n) is 4.16. The molecule has 2 aromatic carbocycles. The van der Waals surface area contributed by atoms with E-state index in [1.54, 1.807) is 7.11 Å². The Morgan fingerprint density at radius 3 is 2.37 bits per heavy atom. The monoisotopic (exact) mass is 463 g/mol. The van der Waals surface area contributed by atoms with Crippen LogP contribution < -0.4 is 10.1 Å². The third-order valence-corrected chi connectivity index (χ3v) is 6.07. The fraction of sp³-hybridized carbons (Fsp3) is 0.207. The van der Waals surface area contributed by atoms with E-state index in [2.05, 4.69) is 40.6 Å². The van der Waals surface area contributed by atoms with E-state index in [-0.39, 0.29) is 0 Å². The van der Waals surface area contributed by atoms with E-state index in [9.17, 15) is 0 Å². The minimum Gasteiger partial charge on any atom is -0.497 e. The number of methoxy groups -OCH3 is 1. The van der Waals surface area contributed by atoms with Crippen molar-refractivity contribution in [1.82, 2.24) is 24.9 Å². The van der Waals surface area contributed by atoms with Gasteiger partial charge in [-0.1, -0.05) is 30.3 Å². The number of rotatable bonds is 10. The van der Waals surface area contributed by atoms with E-state index < -0.39 is 0 Å². The summed E-state index contributed by atoms with van der Waals surface area (Å²) < 4.78 is 7.20. The van der Waals surface area contributed by atoms with Crippen LogP contribution in [0.3, 0.4) is 0 Å². The highest BCUT2D eigenvalue weighted by Crippen LogP contribution is 2.23. The summed E-state index contributed by atoms with van der Waals surface area (Å²) in [5.41, 5.74) is 6.77. The van der Waals surface area contributed by atoms with Gasteiger partial charge in [0.05, 0.1) is 12.8 Å². The molecule has 6 nitrogen and oxygen atoms in total. The van der Waals surface area contributed by atoms with Gasteiger partial charge >= 0.3 is 0 Å². The normalized spacial score (nSPS) is 11.1. The van der Waals surface area contributed by atoms with Crippen LogP contribution in [-0.2, 0) is 19.4 Å². The SMILES string of the molecule is COc1ccc(-c2cccc3nc(Cc4ccc(CCCNCc5ccncc5)cc4)nn23)cc1. The Balaban J connectivity index is 1.18. The van der Waals surface area contributed by atoms with Gasteiger partial charge in [0.1, 0.15) is 5.75 Å². The average Bonchev–Trinajstić information content (AvgIpc) is 3.33. The van der Waals surface area contributed by atoms with E-state index in [1.807, 2.05) is 65.4 Å². The minimum atomic E-state index is 0.706. The Bertz CT molecular complexity index is 1360. The number of ether oxygens (including phenoxy) is 1. The highest BCUT2D eigenvalue weighted by molar-refractivity contribution is 5.63. The topological polar surface area (TPSA) is 64.3 Å². The lowest BCUT2D eigenvalue weighted by atomic mass is 10.1. The number of aryl methyl sites for hydroxylation is 1. The van der Waals surface area contributed by atoms with Gasteiger partial charge < -0.3 is 10.1 Å². The molecule has 0 fully saturated rings. The molecule has 0 spiro atoms. The first kappa shape index (κ1) is 22.7. The maximum Gasteiger partial charge on any atom is 0.156 e. The van der Waals surface area contributed by atoms with Crippen LogP contribution in [0.25, 0.3) is 16.9 Å². The van der Waals surface area contributed by atoms with Gasteiger partial charge in [-0.25, -0.2) is 9.50 Å². The molecule has 0 unspecified atom stereocenters. The second-order valence-corrected chi connectivity index (χ2v) is 8.57. The summed E-state index contributed by atoms with van der Waals surface area (Å²) in [7, 11) is 1.68. The zero-order chi connectivity index (χ0) is 23.9. The van der Waals surface area contributed by atoms with Gasteiger partial charge in [0.25, 0.3) is 0 Å². The molecule has 0 aliphatic carbocycles. The summed E-state index contributed by atoms with van der Waals surface area (Å²) >= 11 is 0. The van der Waals surface area contributed by atoms with Crippen molar-refractivity contribution < 1.29 is 4.74 Å². The highest BCUT2D eigenvalue weighted by Gasteiger charge is 2.10. The molecule has 0 radical (unpaired) electrons. The largest absolute Gasteiger partial charge is 0.497 e. The molecule has 5 aromatic rings. The van der Waals surface area contributed by atoms with Crippen LogP contribution in [-0.4, -0.2) is 33.2 Å². The first-order valence-corrected chi connectivity index (χ1v) is 11.9. The number of nitrogens with zero attached hydrogens (tertiary/aromatic N) is 4. The first-order chi connectivity index (χ1) is 17.3. The maximum absolute atomic E-state index is 5.28. The first-order valence-electron chi connectivity index (χ1n) is 11.9. The number of pyridine rings is 2. The Hall–Kier alpha value is -4.03. The van der Waals surface area contributed by atoms with Crippen molar-refractivity contribution in [3.63, 3.8) is 0 Å². The minimum absolute atomic E-state index is 0.706. The summed E-state index contributed by atoms with van der Waals surface area (Å²) in [6, 6.07) is 27.0. The lowest BCUT2D eigenvalue weighted by Gasteiger charge is -2.06. The molecule has 176 valence electrons. The molecular weight excluding hydrogens is 434 g/mol. The molecule has 0 bridgehead atoms. The molecule has 0 aliphatic heterocycles. The van der Waals surface area contributed by atoms with Gasteiger partial charge in [0.2, 0.25) is 0 Å². The van der Waals surface area contributed by atoms with Gasteiger partial charge in [-0.2, -0.15) is 5.10 Å². The standard InChI is InChI=1S/C29H29N5O/c1-35-26-13-11-25(12-14-26)27-5-2-6-29-32-28(33-34(27)29)20-23-9-7-22(8-10-23)4-3-17-31-21-24-15-18-30-19-16-24/h2,5-16,18-19,31H,3-4,17,20-21H2,1H3.